The monoisotopic (exact) mass is 553 g/mol. The van der Waals surface area contributed by atoms with E-state index in [1.807, 2.05) is 39.0 Å². The standard InChI is InChI=1S/C29H36FN5O5/c1-29(2,3)31-28(37)34(11-10-33-12-14-38-15-13-33)18-27(36)35-24(21-6-9-25-26(16-21)40-19-39-25)17-23(32-35)20-4-7-22(30)8-5-20/h4-9,16,24H,10-15,17-19H2,1-3H3,(H,31,37). The smallest absolute Gasteiger partial charge is 0.318 e. The second-order valence-corrected chi connectivity index (χ2v) is 11.2. The molecular formula is C29H36FN5O5. The van der Waals surface area contributed by atoms with Gasteiger partial charge >= 0.3 is 6.03 Å². The van der Waals surface area contributed by atoms with Gasteiger partial charge in [-0.1, -0.05) is 18.2 Å². The van der Waals surface area contributed by atoms with Gasteiger partial charge in [0.2, 0.25) is 6.79 Å². The van der Waals surface area contributed by atoms with Crippen molar-refractivity contribution in [3.8, 4) is 11.5 Å². The molecule has 0 aliphatic carbocycles. The molecule has 0 radical (unpaired) electrons. The molecule has 0 spiro atoms. The second kappa shape index (κ2) is 11.8. The number of hydrogen-bond donors (Lipinski definition) is 1. The summed E-state index contributed by atoms with van der Waals surface area (Å²) in [5.41, 5.74) is 1.76. The summed E-state index contributed by atoms with van der Waals surface area (Å²) in [4.78, 5) is 30.9. The van der Waals surface area contributed by atoms with E-state index in [9.17, 15) is 14.0 Å². The summed E-state index contributed by atoms with van der Waals surface area (Å²) in [5, 5.41) is 9.13. The quantitative estimate of drug-likeness (QED) is 0.565. The SMILES string of the molecule is CC(C)(C)NC(=O)N(CCN1CCOCC1)CC(=O)N1N=C(c2ccc(F)cc2)CC1c1ccc2c(c1)OCO2. The highest BCUT2D eigenvalue weighted by molar-refractivity contribution is 6.03. The largest absolute Gasteiger partial charge is 0.454 e. The molecule has 3 amide bonds. The van der Waals surface area contributed by atoms with Crippen molar-refractivity contribution in [2.75, 3.05) is 52.7 Å². The third-order valence-electron chi connectivity index (χ3n) is 7.01. The Balaban J connectivity index is 1.39. The first kappa shape index (κ1) is 27.9. The van der Waals surface area contributed by atoms with E-state index in [4.69, 9.17) is 19.3 Å². The van der Waals surface area contributed by atoms with E-state index in [0.29, 0.717) is 49.9 Å². The van der Waals surface area contributed by atoms with Crippen molar-refractivity contribution in [3.63, 3.8) is 0 Å². The van der Waals surface area contributed by atoms with Crippen molar-refractivity contribution in [3.05, 3.63) is 59.4 Å². The van der Waals surface area contributed by atoms with Crippen LogP contribution in [0.2, 0.25) is 0 Å². The number of ether oxygens (including phenoxy) is 3. The Kier molecular flexibility index (Phi) is 8.22. The number of carbonyl (C=O) groups excluding carboxylic acids is 2. The average Bonchev–Trinajstić information content (AvgIpc) is 3.58. The van der Waals surface area contributed by atoms with E-state index in [0.717, 1.165) is 24.2 Å². The number of morpholine rings is 1. The lowest BCUT2D eigenvalue weighted by Gasteiger charge is -2.32. The second-order valence-electron chi connectivity index (χ2n) is 11.2. The molecule has 11 heteroatoms. The summed E-state index contributed by atoms with van der Waals surface area (Å²) in [6.45, 7) is 9.59. The van der Waals surface area contributed by atoms with Gasteiger partial charge in [-0.25, -0.2) is 14.2 Å². The number of nitrogens with one attached hydrogen (secondary N) is 1. The summed E-state index contributed by atoms with van der Waals surface area (Å²) in [5.74, 6) is 0.596. The molecule has 0 saturated carbocycles. The van der Waals surface area contributed by atoms with Gasteiger partial charge in [0.1, 0.15) is 12.4 Å². The molecule has 3 heterocycles. The zero-order valence-electron chi connectivity index (χ0n) is 23.2. The van der Waals surface area contributed by atoms with Crippen LogP contribution in [0.3, 0.4) is 0 Å². The van der Waals surface area contributed by atoms with Crippen LogP contribution in [0.15, 0.2) is 47.6 Å². The van der Waals surface area contributed by atoms with E-state index in [-0.39, 0.29) is 31.1 Å². The molecule has 2 aromatic carbocycles. The molecule has 1 atom stereocenters. The van der Waals surface area contributed by atoms with Gasteiger partial charge in [0, 0.05) is 38.1 Å². The lowest BCUT2D eigenvalue weighted by atomic mass is 9.98. The van der Waals surface area contributed by atoms with Crippen molar-refractivity contribution in [2.24, 2.45) is 5.10 Å². The van der Waals surface area contributed by atoms with Crippen LogP contribution < -0.4 is 14.8 Å². The Labute approximate surface area is 233 Å². The molecule has 1 unspecified atom stereocenters. The van der Waals surface area contributed by atoms with Gasteiger partial charge < -0.3 is 24.4 Å². The number of halogens is 1. The number of amides is 3. The van der Waals surface area contributed by atoms with Gasteiger partial charge in [0.05, 0.1) is 25.0 Å². The maximum atomic E-state index is 13.9. The number of rotatable bonds is 7. The van der Waals surface area contributed by atoms with Crippen molar-refractivity contribution in [1.29, 1.82) is 0 Å². The van der Waals surface area contributed by atoms with Gasteiger partial charge in [-0.15, -0.1) is 0 Å². The van der Waals surface area contributed by atoms with Crippen LogP contribution in [0.1, 0.15) is 44.4 Å². The number of hydrogen-bond acceptors (Lipinski definition) is 7. The predicted molar refractivity (Wildman–Crippen MR) is 147 cm³/mol. The van der Waals surface area contributed by atoms with Crippen molar-refractivity contribution in [1.82, 2.24) is 20.1 Å². The third kappa shape index (κ3) is 6.71. The highest BCUT2D eigenvalue weighted by Crippen LogP contribution is 2.39. The highest BCUT2D eigenvalue weighted by atomic mass is 19.1. The van der Waals surface area contributed by atoms with Crippen LogP contribution in [-0.2, 0) is 9.53 Å². The molecular weight excluding hydrogens is 517 g/mol. The topological polar surface area (TPSA) is 95.9 Å². The number of urea groups is 1. The molecule has 1 fully saturated rings. The predicted octanol–water partition coefficient (Wildman–Crippen LogP) is 3.37. The molecule has 3 aliphatic rings. The summed E-state index contributed by atoms with van der Waals surface area (Å²) >= 11 is 0. The van der Waals surface area contributed by atoms with E-state index < -0.39 is 11.6 Å². The normalized spacial score (nSPS) is 18.9. The summed E-state index contributed by atoms with van der Waals surface area (Å²) < 4.78 is 30.1. The van der Waals surface area contributed by atoms with E-state index in [1.54, 1.807) is 17.0 Å². The Bertz CT molecular complexity index is 1260. The molecule has 214 valence electrons. The van der Waals surface area contributed by atoms with Crippen LogP contribution in [0.25, 0.3) is 0 Å². The van der Waals surface area contributed by atoms with Crippen LogP contribution in [0, 0.1) is 5.82 Å². The number of nitrogens with zero attached hydrogens (tertiary/aromatic N) is 4. The molecule has 40 heavy (non-hydrogen) atoms. The zero-order valence-corrected chi connectivity index (χ0v) is 23.2. The van der Waals surface area contributed by atoms with E-state index >= 15 is 0 Å². The molecule has 1 saturated heterocycles. The molecule has 3 aliphatic heterocycles. The number of hydrazone groups is 1. The van der Waals surface area contributed by atoms with Crippen LogP contribution in [0.5, 0.6) is 11.5 Å². The maximum Gasteiger partial charge on any atom is 0.318 e. The van der Waals surface area contributed by atoms with Crippen LogP contribution >= 0.6 is 0 Å². The highest BCUT2D eigenvalue weighted by Gasteiger charge is 2.35. The molecule has 1 N–H and O–H groups in total. The zero-order chi connectivity index (χ0) is 28.3. The Morgan fingerprint density at radius 3 is 2.52 bits per heavy atom. The Morgan fingerprint density at radius 2 is 1.80 bits per heavy atom. The number of benzene rings is 2. The van der Waals surface area contributed by atoms with Gasteiger partial charge in [0.15, 0.2) is 11.5 Å². The Hall–Kier alpha value is -3.70. The van der Waals surface area contributed by atoms with E-state index in [1.165, 1.54) is 17.1 Å². The van der Waals surface area contributed by atoms with Crippen molar-refractivity contribution in [2.45, 2.75) is 38.8 Å². The molecule has 0 aromatic heterocycles. The lowest BCUT2D eigenvalue weighted by Crippen LogP contribution is -2.53. The van der Waals surface area contributed by atoms with E-state index in [2.05, 4.69) is 10.2 Å². The van der Waals surface area contributed by atoms with Crippen molar-refractivity contribution < 1.29 is 28.2 Å². The van der Waals surface area contributed by atoms with Crippen LogP contribution in [0.4, 0.5) is 9.18 Å². The summed E-state index contributed by atoms with van der Waals surface area (Å²) in [6, 6.07) is 10.9. The fraction of sp³-hybridized carbons (Fsp3) is 0.483. The minimum Gasteiger partial charge on any atom is -0.454 e. The molecule has 0 bridgehead atoms. The Morgan fingerprint density at radius 1 is 1.07 bits per heavy atom. The first-order valence-corrected chi connectivity index (χ1v) is 13.6. The molecule has 10 nitrogen and oxygen atoms in total. The fourth-order valence-electron chi connectivity index (χ4n) is 4.91. The van der Waals surface area contributed by atoms with Gasteiger partial charge in [-0.2, -0.15) is 5.10 Å². The van der Waals surface area contributed by atoms with Crippen LogP contribution in [-0.4, -0.2) is 90.7 Å². The maximum absolute atomic E-state index is 13.9. The first-order chi connectivity index (χ1) is 19.2. The van der Waals surface area contributed by atoms with Crippen molar-refractivity contribution >= 4 is 17.6 Å². The number of carbonyl (C=O) groups is 2. The third-order valence-corrected chi connectivity index (χ3v) is 7.01. The summed E-state index contributed by atoms with van der Waals surface area (Å²) in [7, 11) is 0. The number of fused-ring (bicyclic) bond motifs is 1. The fourth-order valence-corrected chi connectivity index (χ4v) is 4.91. The molecule has 5 rings (SSSR count). The van der Waals surface area contributed by atoms with Gasteiger partial charge in [0.25, 0.3) is 5.91 Å². The van der Waals surface area contributed by atoms with Gasteiger partial charge in [-0.05, 0) is 56.2 Å². The first-order valence-electron chi connectivity index (χ1n) is 13.6. The minimum absolute atomic E-state index is 0.143. The average molecular weight is 554 g/mol. The summed E-state index contributed by atoms with van der Waals surface area (Å²) in [6.07, 6.45) is 0.430. The minimum atomic E-state index is -0.464. The lowest BCUT2D eigenvalue weighted by molar-refractivity contribution is -0.133. The van der Waals surface area contributed by atoms with Gasteiger partial charge in [-0.3, -0.25) is 9.69 Å². The molecule has 2 aromatic rings.